The van der Waals surface area contributed by atoms with Crippen molar-refractivity contribution < 1.29 is 18.6 Å². The van der Waals surface area contributed by atoms with E-state index in [2.05, 4.69) is 38.6 Å². The van der Waals surface area contributed by atoms with Crippen LogP contribution in [0.25, 0.3) is 11.3 Å². The monoisotopic (exact) mass is 498 g/mol. The second kappa shape index (κ2) is 12.4. The Kier molecular flexibility index (Phi) is 9.02. The first-order valence-corrected chi connectivity index (χ1v) is 12.6. The molecule has 2 fully saturated rings. The van der Waals surface area contributed by atoms with Gasteiger partial charge >= 0.3 is 0 Å². The Balaban J connectivity index is 1.37. The first kappa shape index (κ1) is 26.2. The molecule has 1 saturated carbocycles. The summed E-state index contributed by atoms with van der Waals surface area (Å²) in [7, 11) is 1.72. The number of aromatic nitrogens is 3. The zero-order valence-electron chi connectivity index (χ0n) is 21.0. The summed E-state index contributed by atoms with van der Waals surface area (Å²) in [5.74, 6) is 0.450. The Morgan fingerprint density at radius 3 is 2.64 bits per heavy atom. The number of nitrogens with zero attached hydrogens (tertiary/aromatic N) is 4. The van der Waals surface area contributed by atoms with E-state index in [1.807, 2.05) is 0 Å². The number of nitrogens with one attached hydrogen (secondary N) is 2. The minimum absolute atomic E-state index is 0.205. The number of hydrogen-bond donors (Lipinski definition) is 2. The van der Waals surface area contributed by atoms with Crippen molar-refractivity contribution in [3.05, 3.63) is 30.5 Å². The lowest BCUT2D eigenvalue weighted by molar-refractivity contribution is 0.0183. The van der Waals surface area contributed by atoms with E-state index in [4.69, 9.17) is 14.2 Å². The Bertz CT molecular complexity index is 1030. The standard InChI is InChI=1S/C26H35FN6O3/c1-18(14-34-2)32-19-3-5-20(6-4-19)33-24-11-21(22(27)13-29-24)23-12-25(31-17-30-23)36-16-26(15-28)7-9-35-10-8-26/h11-13,17-20,32H,3-10,14,16H2,1-2H3,(H,29,33). The van der Waals surface area contributed by atoms with Crippen LogP contribution in [0, 0.1) is 22.6 Å². The molecule has 1 aliphatic heterocycles. The molecule has 36 heavy (non-hydrogen) atoms. The number of pyridine rings is 1. The van der Waals surface area contributed by atoms with E-state index < -0.39 is 11.2 Å². The second-order valence-electron chi connectivity index (χ2n) is 9.80. The first-order valence-electron chi connectivity index (χ1n) is 12.6. The summed E-state index contributed by atoms with van der Waals surface area (Å²) < 4.78 is 31.2. The van der Waals surface area contributed by atoms with Crippen molar-refractivity contribution in [2.45, 2.75) is 63.6 Å². The van der Waals surface area contributed by atoms with Crippen LogP contribution >= 0.6 is 0 Å². The molecule has 0 radical (unpaired) electrons. The van der Waals surface area contributed by atoms with Gasteiger partial charge in [0.25, 0.3) is 0 Å². The van der Waals surface area contributed by atoms with Gasteiger partial charge in [0.15, 0.2) is 5.82 Å². The summed E-state index contributed by atoms with van der Waals surface area (Å²) in [6.07, 6.45) is 7.91. The third-order valence-corrected chi connectivity index (χ3v) is 6.97. The summed E-state index contributed by atoms with van der Waals surface area (Å²) in [5, 5.41) is 16.7. The first-order chi connectivity index (χ1) is 17.5. The third-order valence-electron chi connectivity index (χ3n) is 6.97. The zero-order chi connectivity index (χ0) is 25.4. The Morgan fingerprint density at radius 1 is 1.17 bits per heavy atom. The van der Waals surface area contributed by atoms with Gasteiger partial charge in [-0.15, -0.1) is 0 Å². The fraction of sp³-hybridized carbons (Fsp3) is 0.615. The fourth-order valence-electron chi connectivity index (χ4n) is 4.86. The van der Waals surface area contributed by atoms with Crippen molar-refractivity contribution in [3.8, 4) is 23.2 Å². The molecule has 2 aliphatic rings. The Hall–Kier alpha value is -2.87. The van der Waals surface area contributed by atoms with E-state index in [9.17, 15) is 9.65 Å². The van der Waals surface area contributed by atoms with E-state index in [0.717, 1.165) is 25.7 Å². The molecule has 0 spiro atoms. The number of hydrogen-bond acceptors (Lipinski definition) is 9. The van der Waals surface area contributed by atoms with E-state index in [1.165, 1.54) is 12.5 Å². The number of ether oxygens (including phenoxy) is 3. The molecule has 0 bridgehead atoms. The minimum Gasteiger partial charge on any atom is -0.476 e. The van der Waals surface area contributed by atoms with Crippen LogP contribution in [0.5, 0.6) is 5.88 Å². The van der Waals surface area contributed by atoms with Crippen LogP contribution in [0.2, 0.25) is 0 Å². The molecule has 1 atom stereocenters. The SMILES string of the molecule is COCC(C)NC1CCC(Nc2cc(-c3cc(OCC4(C#N)CCOCC4)ncn3)c(F)cn2)CC1. The van der Waals surface area contributed by atoms with Crippen molar-refractivity contribution >= 4 is 5.82 Å². The van der Waals surface area contributed by atoms with Gasteiger partial charge in [-0.2, -0.15) is 5.26 Å². The van der Waals surface area contributed by atoms with Gasteiger partial charge in [-0.1, -0.05) is 0 Å². The fourth-order valence-corrected chi connectivity index (χ4v) is 4.86. The lowest BCUT2D eigenvalue weighted by Gasteiger charge is -2.31. The molecule has 1 unspecified atom stereocenters. The molecule has 194 valence electrons. The van der Waals surface area contributed by atoms with Crippen LogP contribution in [0.3, 0.4) is 0 Å². The molecule has 1 saturated heterocycles. The van der Waals surface area contributed by atoms with Crippen molar-refractivity contribution in [2.24, 2.45) is 5.41 Å². The molecule has 0 aromatic carbocycles. The molecule has 3 heterocycles. The van der Waals surface area contributed by atoms with Gasteiger partial charge in [0.2, 0.25) is 5.88 Å². The van der Waals surface area contributed by atoms with Gasteiger partial charge in [-0.3, -0.25) is 0 Å². The van der Waals surface area contributed by atoms with E-state index in [-0.39, 0.29) is 12.6 Å². The molecular formula is C26H35FN6O3. The highest BCUT2D eigenvalue weighted by Gasteiger charge is 2.34. The number of halogens is 1. The summed E-state index contributed by atoms with van der Waals surface area (Å²) in [4.78, 5) is 12.7. The van der Waals surface area contributed by atoms with Gasteiger partial charge in [0, 0.05) is 50.1 Å². The van der Waals surface area contributed by atoms with Crippen LogP contribution in [0.4, 0.5) is 10.2 Å². The van der Waals surface area contributed by atoms with Gasteiger partial charge in [0.1, 0.15) is 18.8 Å². The van der Waals surface area contributed by atoms with Crippen LogP contribution in [-0.2, 0) is 9.47 Å². The van der Waals surface area contributed by atoms with Crippen LogP contribution in [-0.4, -0.2) is 66.6 Å². The summed E-state index contributed by atoms with van der Waals surface area (Å²) in [6, 6.07) is 6.74. The predicted molar refractivity (Wildman–Crippen MR) is 133 cm³/mol. The van der Waals surface area contributed by atoms with Crippen LogP contribution in [0.1, 0.15) is 45.4 Å². The summed E-state index contributed by atoms with van der Waals surface area (Å²) in [5.41, 5.74) is 0.129. The zero-order valence-corrected chi connectivity index (χ0v) is 21.0. The second-order valence-corrected chi connectivity index (χ2v) is 9.80. The van der Waals surface area contributed by atoms with Crippen molar-refractivity contribution in [3.63, 3.8) is 0 Å². The van der Waals surface area contributed by atoms with Gasteiger partial charge in [-0.25, -0.2) is 19.3 Å². The van der Waals surface area contributed by atoms with E-state index >= 15 is 0 Å². The molecule has 10 heteroatoms. The lowest BCUT2D eigenvalue weighted by atomic mass is 9.83. The van der Waals surface area contributed by atoms with Crippen LogP contribution in [0.15, 0.2) is 24.7 Å². The number of nitriles is 1. The number of methoxy groups -OCH3 is 1. The van der Waals surface area contributed by atoms with Crippen molar-refractivity contribution in [2.75, 3.05) is 38.9 Å². The maximum absolute atomic E-state index is 14.7. The molecule has 0 amide bonds. The van der Waals surface area contributed by atoms with Crippen molar-refractivity contribution in [1.29, 1.82) is 5.26 Å². The molecule has 1 aliphatic carbocycles. The molecule has 2 N–H and O–H groups in total. The lowest BCUT2D eigenvalue weighted by Crippen LogP contribution is -2.42. The maximum Gasteiger partial charge on any atom is 0.216 e. The Labute approximate surface area is 211 Å². The van der Waals surface area contributed by atoms with Crippen LogP contribution < -0.4 is 15.4 Å². The third kappa shape index (κ3) is 6.87. The maximum atomic E-state index is 14.7. The molecular weight excluding hydrogens is 463 g/mol. The predicted octanol–water partition coefficient (Wildman–Crippen LogP) is 3.72. The van der Waals surface area contributed by atoms with E-state index in [1.54, 1.807) is 19.2 Å². The summed E-state index contributed by atoms with van der Waals surface area (Å²) in [6.45, 7) is 4.11. The molecule has 2 aromatic rings. The molecule has 4 rings (SSSR count). The highest BCUT2D eigenvalue weighted by molar-refractivity contribution is 5.64. The highest BCUT2D eigenvalue weighted by atomic mass is 19.1. The number of anilines is 1. The minimum atomic E-state index is -0.598. The Morgan fingerprint density at radius 2 is 1.92 bits per heavy atom. The van der Waals surface area contributed by atoms with Crippen molar-refractivity contribution in [1.82, 2.24) is 20.3 Å². The smallest absolute Gasteiger partial charge is 0.216 e. The average molecular weight is 499 g/mol. The average Bonchev–Trinajstić information content (AvgIpc) is 2.90. The molecule has 9 nitrogen and oxygen atoms in total. The van der Waals surface area contributed by atoms with Gasteiger partial charge < -0.3 is 24.8 Å². The summed E-state index contributed by atoms with van der Waals surface area (Å²) >= 11 is 0. The largest absolute Gasteiger partial charge is 0.476 e. The van der Waals surface area contributed by atoms with Gasteiger partial charge in [-0.05, 0) is 51.5 Å². The highest BCUT2D eigenvalue weighted by Crippen LogP contribution is 2.31. The van der Waals surface area contributed by atoms with Gasteiger partial charge in [0.05, 0.1) is 30.0 Å². The number of rotatable bonds is 10. The topological polar surface area (TPSA) is 114 Å². The quantitative estimate of drug-likeness (QED) is 0.506. The molecule has 2 aromatic heterocycles. The van der Waals surface area contributed by atoms with E-state index in [0.29, 0.717) is 67.7 Å². The normalized spacial score (nSPS) is 22.4.